The monoisotopic (exact) mass is 202 g/mol. The van der Waals surface area contributed by atoms with Gasteiger partial charge in [-0.15, -0.1) is 0 Å². The highest BCUT2D eigenvalue weighted by molar-refractivity contribution is 5.39. The molecule has 0 bridgehead atoms. The number of nitrogens with two attached hydrogens (primary N) is 1. The molecule has 1 heterocycles. The molecule has 0 aliphatic rings. The normalized spacial score (nSPS) is 10.5. The highest BCUT2D eigenvalue weighted by Crippen LogP contribution is 2.15. The lowest BCUT2D eigenvalue weighted by atomic mass is 10.0. The zero-order valence-electron chi connectivity index (χ0n) is 8.73. The molecular formula is C12H14N2O. The molecule has 0 fully saturated rings. The summed E-state index contributed by atoms with van der Waals surface area (Å²) in [4.78, 5) is 0. The summed E-state index contributed by atoms with van der Waals surface area (Å²) in [6, 6.07) is 8.51. The third-order valence-electron chi connectivity index (χ3n) is 2.50. The van der Waals surface area contributed by atoms with E-state index in [9.17, 15) is 0 Å². The number of benzene rings is 1. The van der Waals surface area contributed by atoms with Gasteiger partial charge < -0.3 is 10.3 Å². The fourth-order valence-corrected chi connectivity index (χ4v) is 1.51. The van der Waals surface area contributed by atoms with Gasteiger partial charge in [0.1, 0.15) is 6.26 Å². The highest BCUT2D eigenvalue weighted by Gasteiger charge is 2.04. The highest BCUT2D eigenvalue weighted by atomic mass is 16.5. The van der Waals surface area contributed by atoms with Gasteiger partial charge in [-0.1, -0.05) is 36.3 Å². The van der Waals surface area contributed by atoms with Gasteiger partial charge in [-0.3, -0.25) is 0 Å². The molecule has 0 amide bonds. The molecule has 0 saturated heterocycles. The molecule has 2 rings (SSSR count). The van der Waals surface area contributed by atoms with Gasteiger partial charge in [-0.05, 0) is 17.5 Å². The number of hydrogen-bond acceptors (Lipinski definition) is 3. The van der Waals surface area contributed by atoms with Gasteiger partial charge in [-0.2, -0.15) is 0 Å². The number of nitrogens with zero attached hydrogens (tertiary/aromatic N) is 1. The van der Waals surface area contributed by atoms with Gasteiger partial charge in [0.25, 0.3) is 0 Å². The molecule has 1 aromatic carbocycles. The van der Waals surface area contributed by atoms with Gasteiger partial charge in [0, 0.05) is 12.0 Å². The van der Waals surface area contributed by atoms with E-state index >= 15 is 0 Å². The minimum absolute atomic E-state index is 0.481. The largest absolute Gasteiger partial charge is 0.381 e. The van der Waals surface area contributed by atoms with Crippen molar-refractivity contribution in [2.75, 3.05) is 5.73 Å². The topological polar surface area (TPSA) is 52.0 Å². The zero-order valence-corrected chi connectivity index (χ0v) is 8.73. The molecule has 2 N–H and O–H groups in total. The van der Waals surface area contributed by atoms with Gasteiger partial charge in [0.05, 0.1) is 0 Å². The van der Waals surface area contributed by atoms with Crippen molar-refractivity contribution in [3.05, 3.63) is 47.2 Å². The molecule has 3 heteroatoms. The van der Waals surface area contributed by atoms with Crippen LogP contribution in [0.3, 0.4) is 0 Å². The third kappa shape index (κ3) is 2.18. The lowest BCUT2D eigenvalue weighted by Gasteiger charge is -2.01. The zero-order chi connectivity index (χ0) is 10.7. The first-order valence-corrected chi connectivity index (χ1v) is 5.06. The minimum Gasteiger partial charge on any atom is -0.381 e. The first-order chi connectivity index (χ1) is 7.29. The maximum atomic E-state index is 5.64. The summed E-state index contributed by atoms with van der Waals surface area (Å²) in [6.07, 6.45) is 3.44. The van der Waals surface area contributed by atoms with Crippen molar-refractivity contribution in [2.45, 2.75) is 19.8 Å². The molecule has 0 aliphatic carbocycles. The van der Waals surface area contributed by atoms with Crippen LogP contribution in [0.25, 0.3) is 0 Å². The Kier molecular flexibility index (Phi) is 2.72. The Morgan fingerprint density at radius 1 is 1.20 bits per heavy atom. The number of hydrogen-bond donors (Lipinski definition) is 1. The predicted molar refractivity (Wildman–Crippen MR) is 59.5 cm³/mol. The SMILES string of the molecule is CCc1ccc(Cc2conc2N)cc1. The molecule has 0 spiro atoms. The van der Waals surface area contributed by atoms with Crippen LogP contribution in [0.4, 0.5) is 5.82 Å². The average molecular weight is 202 g/mol. The van der Waals surface area contributed by atoms with Crippen molar-refractivity contribution < 1.29 is 4.52 Å². The predicted octanol–water partition coefficient (Wildman–Crippen LogP) is 2.41. The van der Waals surface area contributed by atoms with Crippen molar-refractivity contribution in [1.29, 1.82) is 0 Å². The Bertz CT molecular complexity index is 431. The number of rotatable bonds is 3. The fraction of sp³-hybridized carbons (Fsp3) is 0.250. The van der Waals surface area contributed by atoms with Crippen LogP contribution in [0, 0.1) is 0 Å². The molecule has 15 heavy (non-hydrogen) atoms. The number of anilines is 1. The summed E-state index contributed by atoms with van der Waals surface area (Å²) in [5.74, 6) is 0.481. The van der Waals surface area contributed by atoms with Crippen molar-refractivity contribution in [1.82, 2.24) is 5.16 Å². The summed E-state index contributed by atoms with van der Waals surface area (Å²) in [5, 5.41) is 3.65. The van der Waals surface area contributed by atoms with Crippen LogP contribution in [0.1, 0.15) is 23.6 Å². The quantitative estimate of drug-likeness (QED) is 0.831. The van der Waals surface area contributed by atoms with E-state index in [1.54, 1.807) is 6.26 Å². The Hall–Kier alpha value is -1.77. The Morgan fingerprint density at radius 3 is 2.40 bits per heavy atom. The van der Waals surface area contributed by atoms with Gasteiger partial charge in [0.2, 0.25) is 0 Å². The maximum Gasteiger partial charge on any atom is 0.170 e. The van der Waals surface area contributed by atoms with E-state index in [4.69, 9.17) is 10.3 Å². The van der Waals surface area contributed by atoms with Crippen molar-refractivity contribution in [3.8, 4) is 0 Å². The van der Waals surface area contributed by atoms with Crippen molar-refractivity contribution >= 4 is 5.82 Å². The second-order valence-corrected chi connectivity index (χ2v) is 3.57. The Morgan fingerprint density at radius 2 is 1.87 bits per heavy atom. The maximum absolute atomic E-state index is 5.64. The molecule has 0 aliphatic heterocycles. The summed E-state index contributed by atoms with van der Waals surface area (Å²) < 4.78 is 4.79. The molecule has 78 valence electrons. The second kappa shape index (κ2) is 4.17. The van der Waals surface area contributed by atoms with Gasteiger partial charge in [-0.25, -0.2) is 0 Å². The number of nitrogen functional groups attached to an aromatic ring is 1. The van der Waals surface area contributed by atoms with Crippen LogP contribution in [0.15, 0.2) is 35.1 Å². The Balaban J connectivity index is 2.14. The molecule has 0 atom stereocenters. The van der Waals surface area contributed by atoms with E-state index in [0.29, 0.717) is 5.82 Å². The van der Waals surface area contributed by atoms with Crippen molar-refractivity contribution in [2.24, 2.45) is 0 Å². The van der Waals surface area contributed by atoms with Crippen LogP contribution >= 0.6 is 0 Å². The molecule has 0 unspecified atom stereocenters. The van der Waals surface area contributed by atoms with E-state index in [1.165, 1.54) is 11.1 Å². The van der Waals surface area contributed by atoms with Gasteiger partial charge in [0.15, 0.2) is 5.82 Å². The summed E-state index contributed by atoms with van der Waals surface area (Å²) in [6.45, 7) is 2.15. The van der Waals surface area contributed by atoms with E-state index in [0.717, 1.165) is 18.4 Å². The molecule has 0 saturated carbocycles. The molecule has 1 aromatic heterocycles. The second-order valence-electron chi connectivity index (χ2n) is 3.57. The Labute approximate surface area is 88.9 Å². The first-order valence-electron chi connectivity index (χ1n) is 5.06. The van der Waals surface area contributed by atoms with Gasteiger partial charge >= 0.3 is 0 Å². The van der Waals surface area contributed by atoms with Crippen molar-refractivity contribution in [3.63, 3.8) is 0 Å². The van der Waals surface area contributed by atoms with E-state index in [-0.39, 0.29) is 0 Å². The van der Waals surface area contributed by atoms with Crippen LogP contribution in [-0.2, 0) is 12.8 Å². The molecular weight excluding hydrogens is 188 g/mol. The molecule has 2 aromatic rings. The summed E-state index contributed by atoms with van der Waals surface area (Å²) >= 11 is 0. The van der Waals surface area contributed by atoms with Crippen LogP contribution < -0.4 is 5.73 Å². The minimum atomic E-state index is 0.481. The summed E-state index contributed by atoms with van der Waals surface area (Å²) in [5.41, 5.74) is 9.15. The number of aromatic nitrogens is 1. The van der Waals surface area contributed by atoms with E-state index in [2.05, 4.69) is 36.3 Å². The van der Waals surface area contributed by atoms with Crippen LogP contribution in [-0.4, -0.2) is 5.16 Å². The van der Waals surface area contributed by atoms with Crippen LogP contribution in [0.2, 0.25) is 0 Å². The molecule has 3 nitrogen and oxygen atoms in total. The number of aryl methyl sites for hydroxylation is 1. The standard InChI is InChI=1S/C12H14N2O/c1-2-9-3-5-10(6-4-9)7-11-8-15-14-12(11)13/h3-6,8H,2,7H2,1H3,(H2,13,14). The molecule has 0 radical (unpaired) electrons. The third-order valence-corrected chi connectivity index (χ3v) is 2.50. The lowest BCUT2D eigenvalue weighted by Crippen LogP contribution is -1.93. The first kappa shape index (κ1) is 9.77. The summed E-state index contributed by atoms with van der Waals surface area (Å²) in [7, 11) is 0. The fourth-order valence-electron chi connectivity index (χ4n) is 1.51. The van der Waals surface area contributed by atoms with E-state index < -0.39 is 0 Å². The van der Waals surface area contributed by atoms with Crippen LogP contribution in [0.5, 0.6) is 0 Å². The lowest BCUT2D eigenvalue weighted by molar-refractivity contribution is 0.422. The average Bonchev–Trinajstić information content (AvgIpc) is 2.66. The van der Waals surface area contributed by atoms with E-state index in [1.807, 2.05) is 0 Å². The smallest absolute Gasteiger partial charge is 0.170 e.